The van der Waals surface area contributed by atoms with Crippen LogP contribution >= 0.6 is 0 Å². The van der Waals surface area contributed by atoms with Gasteiger partial charge < -0.3 is 10.4 Å². The number of aromatic nitrogens is 3. The average Bonchev–Trinajstić information content (AvgIpc) is 3.50. The molecule has 1 saturated carbocycles. The predicted octanol–water partition coefficient (Wildman–Crippen LogP) is 3.34. The number of aliphatic hydroxyl groups excluding tert-OH is 1. The summed E-state index contributed by atoms with van der Waals surface area (Å²) in [5.74, 6) is 0.701. The molecular weight excluding hydrogens is 369 g/mol. The first-order chi connectivity index (χ1) is 14.1. The largest absolute Gasteiger partial charge is 0.373 e. The third-order valence-corrected chi connectivity index (χ3v) is 5.70. The lowest BCUT2D eigenvalue weighted by Crippen LogP contribution is -2.30. The Morgan fingerprint density at radius 3 is 2.69 bits per heavy atom. The molecule has 6 nitrogen and oxygen atoms in total. The molecular formula is C22H24FN5O. The molecule has 2 N–H and O–H groups in total. The Bertz CT molecular complexity index is 1030. The summed E-state index contributed by atoms with van der Waals surface area (Å²) in [6.45, 7) is 2.55. The van der Waals surface area contributed by atoms with Gasteiger partial charge in [-0.05, 0) is 61.9 Å². The summed E-state index contributed by atoms with van der Waals surface area (Å²) in [5, 5.41) is 18.2. The molecule has 0 bridgehead atoms. The molecule has 2 aromatic heterocycles. The van der Waals surface area contributed by atoms with Crippen molar-refractivity contribution in [3.63, 3.8) is 0 Å². The van der Waals surface area contributed by atoms with Crippen LogP contribution in [0.4, 0.5) is 10.2 Å². The molecule has 1 aliphatic carbocycles. The lowest BCUT2D eigenvalue weighted by atomic mass is 9.98. The van der Waals surface area contributed by atoms with Crippen LogP contribution in [0.25, 0.3) is 22.4 Å². The van der Waals surface area contributed by atoms with Crippen LogP contribution in [0.3, 0.4) is 0 Å². The fraction of sp³-hybridized carbons (Fsp3) is 0.364. The Hall–Kier alpha value is -2.77. The molecule has 2 aliphatic rings. The Morgan fingerprint density at radius 1 is 1.14 bits per heavy atom. The van der Waals surface area contributed by atoms with Crippen LogP contribution in [0.15, 0.2) is 42.6 Å². The van der Waals surface area contributed by atoms with E-state index in [-0.39, 0.29) is 5.82 Å². The zero-order valence-corrected chi connectivity index (χ0v) is 16.3. The highest BCUT2D eigenvalue weighted by Gasteiger charge is 2.30. The number of hydrogen-bond donors (Lipinski definition) is 2. The summed E-state index contributed by atoms with van der Waals surface area (Å²) in [4.78, 5) is 6.65. The van der Waals surface area contributed by atoms with Gasteiger partial charge in [-0.3, -0.25) is 9.58 Å². The quantitative estimate of drug-likeness (QED) is 0.651. The molecule has 3 aromatic rings. The van der Waals surface area contributed by atoms with Gasteiger partial charge in [-0.2, -0.15) is 5.10 Å². The summed E-state index contributed by atoms with van der Waals surface area (Å²) in [5.41, 5.74) is 4.89. The number of rotatable bonds is 5. The van der Waals surface area contributed by atoms with Crippen LogP contribution in [-0.4, -0.2) is 44.6 Å². The molecule has 7 heteroatoms. The summed E-state index contributed by atoms with van der Waals surface area (Å²) in [7, 11) is 2.10. The second kappa shape index (κ2) is 7.24. The van der Waals surface area contributed by atoms with E-state index in [1.54, 1.807) is 18.3 Å². The monoisotopic (exact) mass is 393 g/mol. The van der Waals surface area contributed by atoms with Gasteiger partial charge in [0.05, 0.1) is 12.2 Å². The molecule has 150 valence electrons. The van der Waals surface area contributed by atoms with E-state index in [9.17, 15) is 9.50 Å². The molecule has 1 unspecified atom stereocenters. The van der Waals surface area contributed by atoms with E-state index in [1.807, 2.05) is 12.1 Å². The number of hydrogen-bond acceptors (Lipinski definition) is 5. The number of halogens is 1. The zero-order valence-electron chi connectivity index (χ0n) is 16.3. The van der Waals surface area contributed by atoms with Crippen LogP contribution in [0.1, 0.15) is 18.5 Å². The minimum absolute atomic E-state index is 0.261. The van der Waals surface area contributed by atoms with Crippen LogP contribution in [0.5, 0.6) is 0 Å². The topological polar surface area (TPSA) is 66.2 Å². The third-order valence-electron chi connectivity index (χ3n) is 5.70. The second-order valence-electron chi connectivity index (χ2n) is 7.99. The van der Waals surface area contributed by atoms with Crippen molar-refractivity contribution in [2.45, 2.75) is 32.2 Å². The molecule has 0 spiro atoms. The Kier molecular flexibility index (Phi) is 4.56. The molecule has 29 heavy (non-hydrogen) atoms. The van der Waals surface area contributed by atoms with Gasteiger partial charge in [-0.15, -0.1) is 0 Å². The first-order valence-electron chi connectivity index (χ1n) is 10.0. The number of fused-ring (bicyclic) bond motifs is 1. The molecule has 5 rings (SSSR count). The van der Waals surface area contributed by atoms with Crippen molar-refractivity contribution in [2.75, 3.05) is 18.9 Å². The minimum atomic E-state index is -0.568. The fourth-order valence-electron chi connectivity index (χ4n) is 3.90. The van der Waals surface area contributed by atoms with Gasteiger partial charge in [0, 0.05) is 36.3 Å². The first-order valence-corrected chi connectivity index (χ1v) is 10.0. The molecule has 1 atom stereocenters. The van der Waals surface area contributed by atoms with Gasteiger partial charge in [-0.25, -0.2) is 9.37 Å². The maximum atomic E-state index is 13.5. The molecule has 0 amide bonds. The maximum Gasteiger partial charge on any atom is 0.128 e. The summed E-state index contributed by atoms with van der Waals surface area (Å²) >= 11 is 0. The van der Waals surface area contributed by atoms with Gasteiger partial charge in [0.25, 0.3) is 0 Å². The fourth-order valence-corrected chi connectivity index (χ4v) is 3.90. The molecule has 0 saturated heterocycles. The third kappa shape index (κ3) is 3.63. The van der Waals surface area contributed by atoms with Crippen LogP contribution in [0, 0.1) is 11.7 Å². The molecule has 0 radical (unpaired) electrons. The normalized spacial score (nSPS) is 17.8. The number of nitrogens with zero attached hydrogens (tertiary/aromatic N) is 4. The highest BCUT2D eigenvalue weighted by Crippen LogP contribution is 2.38. The number of likely N-dealkylation sites (N-methyl/N-ethyl adjacent to an activating group) is 1. The van der Waals surface area contributed by atoms with Crippen molar-refractivity contribution in [3.8, 4) is 22.4 Å². The highest BCUT2D eigenvalue weighted by molar-refractivity contribution is 5.83. The smallest absolute Gasteiger partial charge is 0.128 e. The number of nitrogens with one attached hydrogen (secondary N) is 1. The van der Waals surface area contributed by atoms with Crippen molar-refractivity contribution in [3.05, 3.63) is 54.1 Å². The average molecular weight is 393 g/mol. The molecule has 1 aliphatic heterocycles. The zero-order chi connectivity index (χ0) is 20.0. The Morgan fingerprint density at radius 2 is 1.93 bits per heavy atom. The van der Waals surface area contributed by atoms with Crippen LogP contribution < -0.4 is 5.32 Å². The van der Waals surface area contributed by atoms with Gasteiger partial charge in [0.15, 0.2) is 0 Å². The van der Waals surface area contributed by atoms with Crippen LogP contribution in [0.2, 0.25) is 0 Å². The summed E-state index contributed by atoms with van der Waals surface area (Å²) < 4.78 is 15.5. The lowest BCUT2D eigenvalue weighted by Gasteiger charge is -2.24. The van der Waals surface area contributed by atoms with E-state index in [2.05, 4.69) is 26.9 Å². The van der Waals surface area contributed by atoms with Crippen LogP contribution in [-0.2, 0) is 13.1 Å². The lowest BCUT2D eigenvalue weighted by molar-refractivity contribution is 0.179. The van der Waals surface area contributed by atoms with E-state index < -0.39 is 6.23 Å². The molecule has 1 fully saturated rings. The predicted molar refractivity (Wildman–Crippen MR) is 110 cm³/mol. The van der Waals surface area contributed by atoms with Crippen molar-refractivity contribution >= 4 is 5.82 Å². The van der Waals surface area contributed by atoms with Gasteiger partial charge in [0.1, 0.15) is 23.6 Å². The van der Waals surface area contributed by atoms with Gasteiger partial charge in [-0.1, -0.05) is 0 Å². The van der Waals surface area contributed by atoms with Crippen molar-refractivity contribution in [2.24, 2.45) is 5.92 Å². The second-order valence-corrected chi connectivity index (χ2v) is 7.99. The number of benzene rings is 1. The first kappa shape index (κ1) is 18.3. The Labute approximate surface area is 169 Å². The van der Waals surface area contributed by atoms with Crippen molar-refractivity contribution in [1.29, 1.82) is 0 Å². The standard InChI is InChI=1S/C22H24FN5O/c1-27-10-11-28-18(13-27)20(21(26-28)14-4-6-17(23)7-5-14)16-8-9-24-19(12-16)25-22(29)15-2-3-15/h4-9,12,15,22,29H,2-3,10-11,13H2,1H3,(H,24,25). The molecule has 1 aromatic carbocycles. The number of aliphatic hydroxyl groups is 1. The van der Waals surface area contributed by atoms with E-state index in [1.165, 1.54) is 12.1 Å². The van der Waals surface area contributed by atoms with Gasteiger partial charge >= 0.3 is 0 Å². The van der Waals surface area contributed by atoms with E-state index >= 15 is 0 Å². The summed E-state index contributed by atoms with van der Waals surface area (Å²) in [6.07, 6.45) is 3.28. The minimum Gasteiger partial charge on any atom is -0.373 e. The van der Waals surface area contributed by atoms with Crippen molar-refractivity contribution in [1.82, 2.24) is 19.7 Å². The number of pyridine rings is 1. The van der Waals surface area contributed by atoms with Crippen molar-refractivity contribution < 1.29 is 9.50 Å². The highest BCUT2D eigenvalue weighted by atomic mass is 19.1. The molecule has 3 heterocycles. The maximum absolute atomic E-state index is 13.5. The number of anilines is 1. The Balaban J connectivity index is 1.59. The van der Waals surface area contributed by atoms with Gasteiger partial charge in [0.2, 0.25) is 0 Å². The van der Waals surface area contributed by atoms with E-state index in [0.717, 1.165) is 60.6 Å². The van der Waals surface area contributed by atoms with E-state index in [4.69, 9.17) is 5.10 Å². The van der Waals surface area contributed by atoms with E-state index in [0.29, 0.717) is 11.7 Å². The SMILES string of the molecule is CN1CCn2nc(-c3ccc(F)cc3)c(-c3ccnc(NC(O)C4CC4)c3)c2C1. The summed E-state index contributed by atoms with van der Waals surface area (Å²) in [6, 6.07) is 10.4.